The summed E-state index contributed by atoms with van der Waals surface area (Å²) in [5.74, 6) is -1.93. The minimum atomic E-state index is -4.68. The topological polar surface area (TPSA) is 149 Å². The molecule has 0 atom stereocenters. The summed E-state index contributed by atoms with van der Waals surface area (Å²) in [6, 6.07) is 3.68. The molecule has 3 rings (SSSR count). The first-order valence-electron chi connectivity index (χ1n) is 7.02. The van der Waals surface area contributed by atoms with Crippen LogP contribution in [0.1, 0.15) is 31.8 Å². The lowest BCUT2D eigenvalue weighted by atomic mass is 10.1. The number of rotatable bonds is 2. The lowest BCUT2D eigenvalue weighted by molar-refractivity contribution is 0.0880. The number of amides is 2. The van der Waals surface area contributed by atoms with Gasteiger partial charge in [-0.2, -0.15) is 8.42 Å². The molecule has 25 heavy (non-hydrogen) atoms. The summed E-state index contributed by atoms with van der Waals surface area (Å²) < 4.78 is 33.9. The number of fused-ring (bicyclic) bond motifs is 1. The summed E-state index contributed by atoms with van der Waals surface area (Å²) in [5.41, 5.74) is 5.41. The van der Waals surface area contributed by atoms with E-state index in [1.54, 1.807) is 13.0 Å². The quantitative estimate of drug-likeness (QED) is 0.508. The minimum absolute atomic E-state index is 0.175. The number of pyridine rings is 1. The van der Waals surface area contributed by atoms with Gasteiger partial charge in [0, 0.05) is 6.07 Å². The maximum Gasteiger partial charge on any atom is 0.296 e. The molecule has 0 saturated carbocycles. The summed E-state index contributed by atoms with van der Waals surface area (Å²) in [4.78, 5) is 35.6. The predicted octanol–water partition coefficient (Wildman–Crippen LogP) is 0.167. The Bertz CT molecular complexity index is 1130. The van der Waals surface area contributed by atoms with E-state index in [-0.39, 0.29) is 22.6 Å². The molecule has 1 aliphatic rings. The van der Waals surface area contributed by atoms with Gasteiger partial charge in [-0.1, -0.05) is 6.07 Å². The molecule has 9 nitrogen and oxygen atoms in total. The molecule has 130 valence electrons. The van der Waals surface area contributed by atoms with Crippen LogP contribution in [0, 0.1) is 13.8 Å². The van der Waals surface area contributed by atoms with E-state index in [0.29, 0.717) is 11.1 Å². The molecule has 0 bridgehead atoms. The molecule has 1 aliphatic heterocycles. The predicted molar refractivity (Wildman–Crippen MR) is 87.5 cm³/mol. The molecule has 0 radical (unpaired) electrons. The highest BCUT2D eigenvalue weighted by atomic mass is 32.2. The van der Waals surface area contributed by atoms with Gasteiger partial charge in [0.2, 0.25) is 0 Å². The second-order valence-electron chi connectivity index (χ2n) is 5.68. The minimum Gasteiger partial charge on any atom is -0.384 e. The number of nitrogens with one attached hydrogen (secondary N) is 1. The van der Waals surface area contributed by atoms with E-state index in [1.165, 1.54) is 13.0 Å². The van der Waals surface area contributed by atoms with Crippen LogP contribution in [0.3, 0.4) is 0 Å². The number of hydrogen-bond acceptors (Lipinski definition) is 6. The van der Waals surface area contributed by atoms with E-state index in [9.17, 15) is 27.4 Å². The molecule has 2 heterocycles. The van der Waals surface area contributed by atoms with E-state index < -0.39 is 32.4 Å². The van der Waals surface area contributed by atoms with Crippen molar-refractivity contribution in [3.05, 3.63) is 50.8 Å². The van der Waals surface area contributed by atoms with E-state index >= 15 is 0 Å². The number of nitrogen functional groups attached to an aromatic ring is 1. The molecule has 0 saturated heterocycles. The van der Waals surface area contributed by atoms with Gasteiger partial charge in [-0.05, 0) is 31.0 Å². The van der Waals surface area contributed by atoms with Crippen LogP contribution in [-0.4, -0.2) is 29.4 Å². The molecule has 10 heteroatoms. The fraction of sp³-hybridized carbons (Fsp3) is 0.133. The van der Waals surface area contributed by atoms with Crippen LogP contribution < -0.4 is 16.6 Å². The molecular formula is C15H13N3O6S. The normalized spacial score (nSPS) is 13.7. The van der Waals surface area contributed by atoms with Crippen LogP contribution in [0.25, 0.3) is 5.69 Å². The maximum absolute atomic E-state index is 12.5. The molecule has 0 aliphatic carbocycles. The van der Waals surface area contributed by atoms with Crippen LogP contribution >= 0.6 is 0 Å². The van der Waals surface area contributed by atoms with Gasteiger partial charge < -0.3 is 5.73 Å². The van der Waals surface area contributed by atoms with Crippen molar-refractivity contribution in [2.24, 2.45) is 0 Å². The monoisotopic (exact) mass is 363 g/mol. The zero-order valence-corrected chi connectivity index (χ0v) is 14.0. The van der Waals surface area contributed by atoms with Crippen molar-refractivity contribution >= 4 is 27.8 Å². The second kappa shape index (κ2) is 5.26. The van der Waals surface area contributed by atoms with E-state index in [0.717, 1.165) is 10.6 Å². The number of anilines is 1. The van der Waals surface area contributed by atoms with Gasteiger partial charge in [0.05, 0.1) is 16.8 Å². The largest absolute Gasteiger partial charge is 0.384 e. The number of aryl methyl sites for hydroxylation is 2. The molecular weight excluding hydrogens is 350 g/mol. The Kier molecular flexibility index (Phi) is 3.55. The number of nitrogens with zero attached hydrogens (tertiary/aromatic N) is 1. The molecule has 0 fully saturated rings. The molecule has 1 aromatic heterocycles. The van der Waals surface area contributed by atoms with Gasteiger partial charge in [-0.3, -0.25) is 28.8 Å². The number of benzene rings is 1. The lowest BCUT2D eigenvalue weighted by Gasteiger charge is -2.17. The highest BCUT2D eigenvalue weighted by Gasteiger charge is 2.33. The third-order valence-electron chi connectivity index (χ3n) is 3.86. The zero-order valence-electron chi connectivity index (χ0n) is 13.2. The number of imide groups is 1. The second-order valence-corrected chi connectivity index (χ2v) is 7.07. The van der Waals surface area contributed by atoms with Gasteiger partial charge in [0.15, 0.2) is 0 Å². The first-order valence-corrected chi connectivity index (χ1v) is 8.46. The fourth-order valence-electron chi connectivity index (χ4n) is 2.91. The molecule has 2 amide bonds. The van der Waals surface area contributed by atoms with E-state index in [4.69, 9.17) is 5.73 Å². The Morgan fingerprint density at radius 1 is 1.08 bits per heavy atom. The van der Waals surface area contributed by atoms with Crippen molar-refractivity contribution in [2.45, 2.75) is 18.7 Å². The van der Waals surface area contributed by atoms with Gasteiger partial charge in [0.1, 0.15) is 10.7 Å². The summed E-state index contributed by atoms with van der Waals surface area (Å²) in [5, 5.41) is 2.02. The van der Waals surface area contributed by atoms with Crippen LogP contribution in [0.2, 0.25) is 0 Å². The zero-order chi connectivity index (χ0) is 18.7. The van der Waals surface area contributed by atoms with Crippen molar-refractivity contribution in [3.8, 4) is 5.69 Å². The van der Waals surface area contributed by atoms with Crippen molar-refractivity contribution < 1.29 is 22.6 Å². The fourth-order valence-corrected chi connectivity index (χ4v) is 3.75. The van der Waals surface area contributed by atoms with Crippen LogP contribution in [0.5, 0.6) is 0 Å². The molecule has 0 spiro atoms. The average Bonchev–Trinajstić information content (AvgIpc) is 2.74. The Hall–Kier alpha value is -2.98. The van der Waals surface area contributed by atoms with Gasteiger partial charge in [-0.15, -0.1) is 0 Å². The van der Waals surface area contributed by atoms with Crippen molar-refractivity contribution in [2.75, 3.05) is 5.73 Å². The first kappa shape index (κ1) is 16.9. The standard InChI is InChI=1S/C15H13N3O6S/c1-6-3-7(2)12(9(4-6)25(22,23)24)18-10(19)5-8-11(13(18)16)15(21)17-14(8)20/h3-5H,16H2,1-2H3,(H,17,20,21)(H,22,23,24). The summed E-state index contributed by atoms with van der Waals surface area (Å²) >= 11 is 0. The van der Waals surface area contributed by atoms with Gasteiger partial charge in [0.25, 0.3) is 27.5 Å². The van der Waals surface area contributed by atoms with Crippen LogP contribution in [0.4, 0.5) is 5.82 Å². The first-order chi connectivity index (χ1) is 11.5. The highest BCUT2D eigenvalue weighted by Crippen LogP contribution is 2.29. The maximum atomic E-state index is 12.5. The van der Waals surface area contributed by atoms with Crippen LogP contribution in [0.15, 0.2) is 27.9 Å². The smallest absolute Gasteiger partial charge is 0.296 e. The van der Waals surface area contributed by atoms with Crippen molar-refractivity contribution in [1.29, 1.82) is 0 Å². The number of carbonyl (C=O) groups excluding carboxylic acids is 2. The van der Waals surface area contributed by atoms with Crippen LogP contribution in [-0.2, 0) is 10.1 Å². The lowest BCUT2D eigenvalue weighted by Crippen LogP contribution is -2.26. The van der Waals surface area contributed by atoms with Gasteiger partial charge in [-0.25, -0.2) is 0 Å². The van der Waals surface area contributed by atoms with Gasteiger partial charge >= 0.3 is 0 Å². The van der Waals surface area contributed by atoms with Crippen molar-refractivity contribution in [1.82, 2.24) is 9.88 Å². The Balaban J connectivity index is 2.49. The molecule has 2 aromatic rings. The SMILES string of the molecule is Cc1cc(C)c(-n2c(N)c3c(cc2=O)C(=O)NC3=O)c(S(=O)(=O)O)c1. The van der Waals surface area contributed by atoms with E-state index in [2.05, 4.69) is 0 Å². The number of carbonyl (C=O) groups is 2. The van der Waals surface area contributed by atoms with E-state index in [1.807, 2.05) is 5.32 Å². The molecule has 4 N–H and O–H groups in total. The molecule has 0 unspecified atom stereocenters. The summed E-state index contributed by atoms with van der Waals surface area (Å²) in [7, 11) is -4.68. The third-order valence-corrected chi connectivity index (χ3v) is 4.73. The summed E-state index contributed by atoms with van der Waals surface area (Å²) in [6.45, 7) is 3.15. The average molecular weight is 363 g/mol. The Labute approximate surface area is 141 Å². The van der Waals surface area contributed by atoms with Crippen molar-refractivity contribution in [3.63, 3.8) is 0 Å². The number of aromatic nitrogens is 1. The Morgan fingerprint density at radius 3 is 2.32 bits per heavy atom. The summed E-state index contributed by atoms with van der Waals surface area (Å²) in [6.07, 6.45) is 0. The third kappa shape index (κ3) is 2.51. The highest BCUT2D eigenvalue weighted by molar-refractivity contribution is 7.86. The number of hydrogen-bond donors (Lipinski definition) is 3. The number of nitrogens with two attached hydrogens (primary N) is 1. The Morgan fingerprint density at radius 2 is 1.72 bits per heavy atom. The molecule has 1 aromatic carbocycles.